The molecule has 8 nitrogen and oxygen atoms in total. The van der Waals surface area contributed by atoms with Gasteiger partial charge in [-0.2, -0.15) is 0 Å². The van der Waals surface area contributed by atoms with E-state index in [0.29, 0.717) is 28.4 Å². The Morgan fingerprint density at radius 3 is 2.48 bits per heavy atom. The zero-order valence-corrected chi connectivity index (χ0v) is 17.8. The summed E-state index contributed by atoms with van der Waals surface area (Å²) < 4.78 is 11.5. The lowest BCUT2D eigenvalue weighted by molar-refractivity contribution is -0.384. The molecule has 0 unspecified atom stereocenters. The number of nitrogens with zero attached hydrogens (tertiary/aromatic N) is 2. The molecular weight excluding hydrogens is 420 g/mol. The van der Waals surface area contributed by atoms with Crippen molar-refractivity contribution in [2.45, 2.75) is 13.0 Å². The molecule has 0 atom stereocenters. The average molecular weight is 440 g/mol. The molecule has 0 spiro atoms. The number of ether oxygens (including phenoxy) is 2. The number of amides is 2. The lowest BCUT2D eigenvalue weighted by atomic mass is 10.0. The Bertz CT molecular complexity index is 1080. The van der Waals surface area contributed by atoms with Crippen molar-refractivity contribution in [3.63, 3.8) is 0 Å². The van der Waals surface area contributed by atoms with Crippen molar-refractivity contribution in [3.05, 3.63) is 80.8 Å². The van der Waals surface area contributed by atoms with Gasteiger partial charge in [-0.05, 0) is 59.7 Å². The summed E-state index contributed by atoms with van der Waals surface area (Å²) in [6.45, 7) is 3.96. The Balaban J connectivity index is 1.89. The number of rotatable bonds is 8. The minimum absolute atomic E-state index is 0.00882. The summed E-state index contributed by atoms with van der Waals surface area (Å²) in [5, 5.41) is 10.5. The third kappa shape index (κ3) is 4.95. The zero-order chi connectivity index (χ0) is 22.5. The number of non-ortho nitro benzene ring substituents is 1. The number of allylic oxidation sites excluding steroid dienone is 1. The molecule has 0 aliphatic carbocycles. The Kier molecular flexibility index (Phi) is 6.76. The smallest absolute Gasteiger partial charge is 0.293 e. The van der Waals surface area contributed by atoms with Crippen molar-refractivity contribution >= 4 is 34.7 Å². The molecule has 1 heterocycles. The second-order valence-electron chi connectivity index (χ2n) is 6.66. The molecule has 160 valence electrons. The van der Waals surface area contributed by atoms with Crippen LogP contribution in [0.3, 0.4) is 0 Å². The highest BCUT2D eigenvalue weighted by Gasteiger charge is 2.31. The van der Waals surface area contributed by atoms with Crippen molar-refractivity contribution in [2.75, 3.05) is 14.2 Å². The molecule has 1 fully saturated rings. The van der Waals surface area contributed by atoms with Gasteiger partial charge in [-0.15, -0.1) is 6.58 Å². The Labute approximate surface area is 183 Å². The van der Waals surface area contributed by atoms with Gasteiger partial charge < -0.3 is 9.47 Å². The molecule has 0 aromatic heterocycles. The van der Waals surface area contributed by atoms with Crippen LogP contribution in [0.5, 0.6) is 11.5 Å². The van der Waals surface area contributed by atoms with Gasteiger partial charge in [0.25, 0.3) is 16.8 Å². The lowest BCUT2D eigenvalue weighted by Crippen LogP contribution is -2.22. The summed E-state index contributed by atoms with van der Waals surface area (Å²) in [6.07, 6.45) is 3.85. The van der Waals surface area contributed by atoms with E-state index >= 15 is 0 Å². The zero-order valence-electron chi connectivity index (χ0n) is 17.0. The Hall–Kier alpha value is -3.59. The highest BCUT2D eigenvalue weighted by atomic mass is 32.2. The molecule has 9 heteroatoms. The van der Waals surface area contributed by atoms with Gasteiger partial charge in [0.1, 0.15) is 6.61 Å². The normalized spacial score (nSPS) is 14.8. The summed E-state index contributed by atoms with van der Waals surface area (Å²) >= 11 is 0.883. The fourth-order valence-electron chi connectivity index (χ4n) is 2.96. The standard InChI is InChI=1S/C22H20N2O6S/c1-4-5-16-10-15(12-19-21(25)23(2)22(26)31-19)11-18(29-3)20(16)30-13-14-6-8-17(9-7-14)24(27)28/h4,6-12H,1,5,13H2,2-3H3/b19-12-. The van der Waals surface area contributed by atoms with Gasteiger partial charge in [0, 0.05) is 24.7 Å². The maximum Gasteiger partial charge on any atom is 0.293 e. The molecule has 3 rings (SSSR count). The average Bonchev–Trinajstić information content (AvgIpc) is 2.99. The fraction of sp³-hybridized carbons (Fsp3) is 0.182. The van der Waals surface area contributed by atoms with E-state index in [9.17, 15) is 19.7 Å². The highest BCUT2D eigenvalue weighted by Crippen LogP contribution is 2.37. The molecule has 0 N–H and O–H groups in total. The Morgan fingerprint density at radius 1 is 1.23 bits per heavy atom. The molecule has 1 saturated heterocycles. The van der Waals surface area contributed by atoms with E-state index < -0.39 is 4.92 Å². The molecule has 1 aliphatic heterocycles. The Morgan fingerprint density at radius 2 is 1.94 bits per heavy atom. The van der Waals surface area contributed by atoms with Crippen molar-refractivity contribution in [3.8, 4) is 11.5 Å². The number of imide groups is 1. The molecule has 31 heavy (non-hydrogen) atoms. The van der Waals surface area contributed by atoms with E-state index in [0.717, 1.165) is 27.8 Å². The van der Waals surface area contributed by atoms with Crippen molar-refractivity contribution in [2.24, 2.45) is 0 Å². The van der Waals surface area contributed by atoms with Crippen LogP contribution in [0.4, 0.5) is 10.5 Å². The van der Waals surface area contributed by atoms with Gasteiger partial charge in [-0.25, -0.2) is 0 Å². The van der Waals surface area contributed by atoms with Gasteiger partial charge in [-0.3, -0.25) is 24.6 Å². The number of hydrogen-bond donors (Lipinski definition) is 0. The molecule has 2 aromatic carbocycles. The molecule has 1 aliphatic rings. The van der Waals surface area contributed by atoms with Crippen LogP contribution >= 0.6 is 11.8 Å². The quantitative estimate of drug-likeness (QED) is 0.256. The van der Waals surface area contributed by atoms with Crippen LogP contribution in [-0.4, -0.2) is 35.1 Å². The largest absolute Gasteiger partial charge is 0.493 e. The number of carbonyl (C=O) groups is 2. The lowest BCUT2D eigenvalue weighted by Gasteiger charge is -2.16. The molecule has 0 saturated carbocycles. The number of benzene rings is 2. The summed E-state index contributed by atoms with van der Waals surface area (Å²) in [5.41, 5.74) is 2.25. The first-order chi connectivity index (χ1) is 14.8. The number of thioether (sulfide) groups is 1. The number of likely N-dealkylation sites (N-methyl/N-ethyl adjacent to an activating group) is 1. The van der Waals surface area contributed by atoms with Crippen LogP contribution in [0.25, 0.3) is 6.08 Å². The van der Waals surface area contributed by atoms with Crippen LogP contribution in [0.15, 0.2) is 54.0 Å². The van der Waals surface area contributed by atoms with Crippen LogP contribution in [0, 0.1) is 10.1 Å². The monoisotopic (exact) mass is 440 g/mol. The fourth-order valence-corrected chi connectivity index (χ4v) is 3.78. The van der Waals surface area contributed by atoms with Crippen LogP contribution in [-0.2, 0) is 17.8 Å². The molecule has 2 amide bonds. The second kappa shape index (κ2) is 9.48. The van der Waals surface area contributed by atoms with Gasteiger partial charge in [0.2, 0.25) is 0 Å². The number of nitro benzene ring substituents is 1. The van der Waals surface area contributed by atoms with Gasteiger partial charge >= 0.3 is 0 Å². The number of nitro groups is 1. The van der Waals surface area contributed by atoms with Crippen molar-refractivity contribution in [1.29, 1.82) is 0 Å². The van der Waals surface area contributed by atoms with Crippen LogP contribution in [0.2, 0.25) is 0 Å². The predicted molar refractivity (Wildman–Crippen MR) is 118 cm³/mol. The SMILES string of the molecule is C=CCc1cc(/C=C2\SC(=O)N(C)C2=O)cc(OC)c1OCc1ccc([N+](=O)[O-])cc1. The first-order valence-electron chi connectivity index (χ1n) is 9.23. The maximum atomic E-state index is 12.2. The number of methoxy groups -OCH3 is 1. The van der Waals surface area contributed by atoms with Gasteiger partial charge in [0.15, 0.2) is 11.5 Å². The summed E-state index contributed by atoms with van der Waals surface area (Å²) in [7, 11) is 2.95. The van der Waals surface area contributed by atoms with Crippen LogP contribution < -0.4 is 9.47 Å². The van der Waals surface area contributed by atoms with E-state index in [4.69, 9.17) is 9.47 Å². The van der Waals surface area contributed by atoms with Crippen LogP contribution in [0.1, 0.15) is 16.7 Å². The summed E-state index contributed by atoms with van der Waals surface area (Å²) in [4.78, 5) is 35.7. The third-order valence-corrected chi connectivity index (χ3v) is 5.51. The topological polar surface area (TPSA) is 99.0 Å². The van der Waals surface area contributed by atoms with E-state index in [1.165, 1.54) is 26.3 Å². The van der Waals surface area contributed by atoms with E-state index in [-0.39, 0.29) is 23.4 Å². The predicted octanol–water partition coefficient (Wildman–Crippen LogP) is 4.58. The van der Waals surface area contributed by atoms with Gasteiger partial charge in [-0.1, -0.05) is 6.08 Å². The second-order valence-corrected chi connectivity index (χ2v) is 7.65. The molecule has 2 aromatic rings. The number of carbonyl (C=O) groups excluding carboxylic acids is 2. The first-order valence-corrected chi connectivity index (χ1v) is 10.0. The number of hydrogen-bond acceptors (Lipinski definition) is 7. The van der Waals surface area contributed by atoms with E-state index in [1.54, 1.807) is 30.4 Å². The van der Waals surface area contributed by atoms with Gasteiger partial charge in [0.05, 0.1) is 16.9 Å². The third-order valence-electron chi connectivity index (χ3n) is 4.55. The molecule has 0 radical (unpaired) electrons. The summed E-state index contributed by atoms with van der Waals surface area (Å²) in [5.74, 6) is 0.627. The molecule has 0 bridgehead atoms. The first kappa shape index (κ1) is 22.1. The highest BCUT2D eigenvalue weighted by molar-refractivity contribution is 8.18. The van der Waals surface area contributed by atoms with E-state index in [1.807, 2.05) is 6.07 Å². The van der Waals surface area contributed by atoms with Crippen molar-refractivity contribution in [1.82, 2.24) is 4.90 Å². The molecular formula is C22H20N2O6S. The van der Waals surface area contributed by atoms with Crippen molar-refractivity contribution < 1.29 is 24.0 Å². The minimum Gasteiger partial charge on any atom is -0.493 e. The summed E-state index contributed by atoms with van der Waals surface area (Å²) in [6, 6.07) is 9.68. The maximum absolute atomic E-state index is 12.2. The minimum atomic E-state index is -0.457. The van der Waals surface area contributed by atoms with E-state index in [2.05, 4.69) is 6.58 Å².